The minimum atomic E-state index is -0.111. The number of thiophene rings is 1. The van der Waals surface area contributed by atoms with E-state index in [9.17, 15) is 9.59 Å². The average molecular weight is 385 g/mol. The monoisotopic (exact) mass is 384 g/mol. The van der Waals surface area contributed by atoms with Crippen molar-refractivity contribution in [2.45, 2.75) is 13.5 Å². The predicted molar refractivity (Wildman–Crippen MR) is 107 cm³/mol. The first-order valence-corrected chi connectivity index (χ1v) is 9.21. The standard InChI is InChI=1S/C20H17ClN2O2S/c1-13(24)23-17-8-2-14(3-9-17)12-22-20(25)19-11-10-18(26-19)15-4-6-16(21)7-5-15/h2-11H,12H2,1H3,(H,22,25)(H,23,24). The van der Waals surface area contributed by atoms with E-state index in [1.54, 1.807) is 0 Å². The van der Waals surface area contributed by atoms with Gasteiger partial charge >= 0.3 is 0 Å². The van der Waals surface area contributed by atoms with E-state index >= 15 is 0 Å². The van der Waals surface area contributed by atoms with Crippen molar-refractivity contribution in [1.82, 2.24) is 5.32 Å². The Morgan fingerprint density at radius 1 is 0.962 bits per heavy atom. The fourth-order valence-electron chi connectivity index (χ4n) is 2.41. The molecule has 4 nitrogen and oxygen atoms in total. The molecule has 0 spiro atoms. The van der Waals surface area contributed by atoms with Gasteiger partial charge in [-0.2, -0.15) is 0 Å². The van der Waals surface area contributed by atoms with E-state index in [1.165, 1.54) is 18.3 Å². The van der Waals surface area contributed by atoms with E-state index in [0.29, 0.717) is 16.4 Å². The number of carbonyl (C=O) groups excluding carboxylic acids is 2. The van der Waals surface area contributed by atoms with Crippen LogP contribution in [0.25, 0.3) is 10.4 Å². The summed E-state index contributed by atoms with van der Waals surface area (Å²) in [6.45, 7) is 1.89. The van der Waals surface area contributed by atoms with E-state index < -0.39 is 0 Å². The number of halogens is 1. The number of nitrogens with one attached hydrogen (secondary N) is 2. The molecular formula is C20H17ClN2O2S. The second-order valence-corrected chi connectivity index (χ2v) is 7.25. The first-order chi connectivity index (χ1) is 12.5. The van der Waals surface area contributed by atoms with Crippen LogP contribution >= 0.6 is 22.9 Å². The molecule has 0 aliphatic carbocycles. The van der Waals surface area contributed by atoms with Crippen molar-refractivity contribution in [2.75, 3.05) is 5.32 Å². The second kappa shape index (κ2) is 8.17. The first kappa shape index (κ1) is 18.2. The Hall–Kier alpha value is -2.63. The number of anilines is 1. The zero-order valence-corrected chi connectivity index (χ0v) is 15.7. The summed E-state index contributed by atoms with van der Waals surface area (Å²) in [5.74, 6) is -0.221. The molecule has 2 aromatic carbocycles. The Labute approximate surface area is 160 Å². The lowest BCUT2D eigenvalue weighted by molar-refractivity contribution is -0.114. The van der Waals surface area contributed by atoms with Gasteiger partial charge in [-0.1, -0.05) is 35.9 Å². The fourth-order valence-corrected chi connectivity index (χ4v) is 3.46. The van der Waals surface area contributed by atoms with Crippen LogP contribution in [0.3, 0.4) is 0 Å². The van der Waals surface area contributed by atoms with Gasteiger partial charge < -0.3 is 10.6 Å². The second-order valence-electron chi connectivity index (χ2n) is 5.73. The van der Waals surface area contributed by atoms with Crippen molar-refractivity contribution in [3.05, 3.63) is 76.1 Å². The minimum absolute atomic E-state index is 0.110. The van der Waals surface area contributed by atoms with Crippen molar-refractivity contribution < 1.29 is 9.59 Å². The first-order valence-electron chi connectivity index (χ1n) is 8.02. The highest BCUT2D eigenvalue weighted by molar-refractivity contribution is 7.17. The van der Waals surface area contributed by atoms with Crippen molar-refractivity contribution >= 4 is 40.4 Å². The molecule has 0 radical (unpaired) electrons. The van der Waals surface area contributed by atoms with Crippen LogP contribution in [-0.2, 0) is 11.3 Å². The molecule has 1 aromatic heterocycles. The zero-order valence-electron chi connectivity index (χ0n) is 14.1. The van der Waals surface area contributed by atoms with E-state index in [-0.39, 0.29) is 11.8 Å². The maximum Gasteiger partial charge on any atom is 0.261 e. The van der Waals surface area contributed by atoms with Crippen LogP contribution in [0.4, 0.5) is 5.69 Å². The molecule has 3 rings (SSSR count). The molecule has 0 bridgehead atoms. The topological polar surface area (TPSA) is 58.2 Å². The van der Waals surface area contributed by atoms with E-state index in [4.69, 9.17) is 11.6 Å². The predicted octanol–water partition coefficient (Wildman–Crippen LogP) is 4.96. The average Bonchev–Trinajstić information content (AvgIpc) is 3.11. The molecule has 0 atom stereocenters. The van der Waals surface area contributed by atoms with E-state index in [1.807, 2.05) is 60.7 Å². The van der Waals surface area contributed by atoms with Crippen molar-refractivity contribution in [3.8, 4) is 10.4 Å². The molecule has 1 heterocycles. The molecule has 3 aromatic rings. The highest BCUT2D eigenvalue weighted by atomic mass is 35.5. The smallest absolute Gasteiger partial charge is 0.261 e. The van der Waals surface area contributed by atoms with Gasteiger partial charge in [0.25, 0.3) is 5.91 Å². The minimum Gasteiger partial charge on any atom is -0.347 e. The SMILES string of the molecule is CC(=O)Nc1ccc(CNC(=O)c2ccc(-c3ccc(Cl)cc3)s2)cc1. The summed E-state index contributed by atoms with van der Waals surface area (Å²) < 4.78 is 0. The molecule has 0 saturated carbocycles. The Kier molecular flexibility index (Phi) is 5.71. The highest BCUT2D eigenvalue weighted by Crippen LogP contribution is 2.29. The van der Waals surface area contributed by atoms with Crippen molar-refractivity contribution in [3.63, 3.8) is 0 Å². The maximum atomic E-state index is 12.4. The van der Waals surface area contributed by atoms with Crippen LogP contribution in [-0.4, -0.2) is 11.8 Å². The third kappa shape index (κ3) is 4.71. The van der Waals surface area contributed by atoms with Gasteiger partial charge in [0.15, 0.2) is 0 Å². The summed E-state index contributed by atoms with van der Waals surface area (Å²) in [5, 5.41) is 6.31. The van der Waals surface area contributed by atoms with Gasteiger partial charge in [-0.05, 0) is 47.5 Å². The van der Waals surface area contributed by atoms with Gasteiger partial charge in [0.05, 0.1) is 4.88 Å². The zero-order chi connectivity index (χ0) is 18.5. The molecule has 0 aliphatic rings. The lowest BCUT2D eigenvalue weighted by Crippen LogP contribution is -2.21. The number of hydrogen-bond donors (Lipinski definition) is 2. The van der Waals surface area contributed by atoms with Crippen LogP contribution in [0.2, 0.25) is 5.02 Å². The Morgan fingerprint density at radius 2 is 1.65 bits per heavy atom. The van der Waals surface area contributed by atoms with Crippen LogP contribution in [0.5, 0.6) is 0 Å². The largest absolute Gasteiger partial charge is 0.347 e. The summed E-state index contributed by atoms with van der Waals surface area (Å²) in [5.41, 5.74) is 2.73. The van der Waals surface area contributed by atoms with Gasteiger partial charge in [-0.15, -0.1) is 11.3 Å². The highest BCUT2D eigenvalue weighted by Gasteiger charge is 2.10. The third-order valence-corrected chi connectivity index (χ3v) is 5.07. The van der Waals surface area contributed by atoms with Crippen molar-refractivity contribution in [2.24, 2.45) is 0 Å². The Balaban J connectivity index is 1.60. The summed E-state index contributed by atoms with van der Waals surface area (Å²) in [6, 6.07) is 18.7. The van der Waals surface area contributed by atoms with Crippen LogP contribution in [0.15, 0.2) is 60.7 Å². The van der Waals surface area contributed by atoms with Gasteiger partial charge in [0.2, 0.25) is 5.91 Å². The molecule has 2 N–H and O–H groups in total. The summed E-state index contributed by atoms with van der Waals surface area (Å²) in [6.07, 6.45) is 0. The van der Waals surface area contributed by atoms with E-state index in [0.717, 1.165) is 21.7 Å². The maximum absolute atomic E-state index is 12.4. The molecule has 26 heavy (non-hydrogen) atoms. The van der Waals surface area contributed by atoms with Crippen LogP contribution in [0, 0.1) is 0 Å². The summed E-state index contributed by atoms with van der Waals surface area (Å²) in [4.78, 5) is 25.0. The van der Waals surface area contributed by atoms with Gasteiger partial charge in [-0.25, -0.2) is 0 Å². The number of amides is 2. The van der Waals surface area contributed by atoms with Gasteiger partial charge in [0, 0.05) is 29.1 Å². The normalized spacial score (nSPS) is 10.4. The number of benzene rings is 2. The van der Waals surface area contributed by atoms with Gasteiger partial charge in [-0.3, -0.25) is 9.59 Å². The molecule has 0 fully saturated rings. The number of rotatable bonds is 5. The van der Waals surface area contributed by atoms with Crippen LogP contribution < -0.4 is 10.6 Å². The van der Waals surface area contributed by atoms with E-state index in [2.05, 4.69) is 10.6 Å². The summed E-state index contributed by atoms with van der Waals surface area (Å²) >= 11 is 7.35. The van der Waals surface area contributed by atoms with Crippen LogP contribution in [0.1, 0.15) is 22.2 Å². The molecule has 0 unspecified atom stereocenters. The number of carbonyl (C=O) groups is 2. The molecule has 2 amide bonds. The van der Waals surface area contributed by atoms with Gasteiger partial charge in [0.1, 0.15) is 0 Å². The lowest BCUT2D eigenvalue weighted by Gasteiger charge is -2.06. The molecule has 0 aliphatic heterocycles. The molecule has 6 heteroatoms. The molecule has 0 saturated heterocycles. The molecular weight excluding hydrogens is 368 g/mol. The quantitative estimate of drug-likeness (QED) is 0.653. The Bertz CT molecular complexity index is 918. The summed E-state index contributed by atoms with van der Waals surface area (Å²) in [7, 11) is 0. The fraction of sp³-hybridized carbons (Fsp3) is 0.100. The lowest BCUT2D eigenvalue weighted by atomic mass is 10.2. The number of hydrogen-bond acceptors (Lipinski definition) is 3. The van der Waals surface area contributed by atoms with Crippen molar-refractivity contribution in [1.29, 1.82) is 0 Å². The Morgan fingerprint density at radius 3 is 2.31 bits per heavy atom. The molecule has 132 valence electrons. The third-order valence-electron chi connectivity index (χ3n) is 3.69.